The molecule has 0 aromatic heterocycles. The first kappa shape index (κ1) is 17.1. The SMILES string of the molecule is COc1ccccc1OC(c1ccccc1)C1CN(SC)CCO1. The maximum absolute atomic E-state index is 6.37. The third-order valence-corrected chi connectivity index (χ3v) is 4.95. The fourth-order valence-corrected chi connectivity index (χ4v) is 3.41. The Morgan fingerprint density at radius 2 is 1.79 bits per heavy atom. The molecule has 2 unspecified atom stereocenters. The van der Waals surface area contributed by atoms with E-state index in [0.29, 0.717) is 6.61 Å². The number of methoxy groups -OCH3 is 1. The average Bonchev–Trinajstić information content (AvgIpc) is 2.67. The Bertz CT molecular complexity index is 638. The Kier molecular flexibility index (Phi) is 6.01. The molecule has 0 bridgehead atoms. The van der Waals surface area contributed by atoms with Gasteiger partial charge in [0.05, 0.1) is 13.7 Å². The lowest BCUT2D eigenvalue weighted by molar-refractivity contribution is -0.0620. The van der Waals surface area contributed by atoms with Crippen LogP contribution in [0.1, 0.15) is 11.7 Å². The van der Waals surface area contributed by atoms with E-state index in [1.807, 2.05) is 42.5 Å². The van der Waals surface area contributed by atoms with Crippen LogP contribution in [0.2, 0.25) is 0 Å². The minimum absolute atomic E-state index is 0.0292. The van der Waals surface area contributed by atoms with Crippen molar-refractivity contribution in [2.45, 2.75) is 12.2 Å². The summed E-state index contributed by atoms with van der Waals surface area (Å²) in [6.07, 6.45) is 1.89. The molecule has 4 nitrogen and oxygen atoms in total. The van der Waals surface area contributed by atoms with Crippen molar-refractivity contribution in [3.05, 3.63) is 60.2 Å². The highest BCUT2D eigenvalue weighted by Crippen LogP contribution is 2.34. The van der Waals surface area contributed by atoms with Crippen molar-refractivity contribution in [3.8, 4) is 11.5 Å². The number of nitrogens with zero attached hydrogens (tertiary/aromatic N) is 1. The number of benzene rings is 2. The number of hydrogen-bond donors (Lipinski definition) is 0. The fourth-order valence-electron chi connectivity index (χ4n) is 2.85. The van der Waals surface area contributed by atoms with Crippen LogP contribution in [0.25, 0.3) is 0 Å². The molecule has 0 amide bonds. The van der Waals surface area contributed by atoms with E-state index in [1.165, 1.54) is 0 Å². The number of ether oxygens (including phenoxy) is 3. The molecule has 5 heteroatoms. The predicted octanol–water partition coefficient (Wildman–Crippen LogP) is 3.79. The first-order valence-corrected chi connectivity index (χ1v) is 9.25. The van der Waals surface area contributed by atoms with Crippen molar-refractivity contribution in [2.24, 2.45) is 0 Å². The van der Waals surface area contributed by atoms with Crippen molar-refractivity contribution in [1.29, 1.82) is 0 Å². The van der Waals surface area contributed by atoms with Gasteiger partial charge >= 0.3 is 0 Å². The van der Waals surface area contributed by atoms with E-state index in [0.717, 1.165) is 30.2 Å². The number of hydrogen-bond acceptors (Lipinski definition) is 5. The zero-order chi connectivity index (χ0) is 16.8. The Labute approximate surface area is 147 Å². The average molecular weight is 345 g/mol. The topological polar surface area (TPSA) is 30.9 Å². The molecular weight excluding hydrogens is 322 g/mol. The zero-order valence-electron chi connectivity index (χ0n) is 14.1. The van der Waals surface area contributed by atoms with Gasteiger partial charge in [0.2, 0.25) is 0 Å². The molecule has 2 atom stereocenters. The van der Waals surface area contributed by atoms with E-state index in [4.69, 9.17) is 14.2 Å². The Balaban J connectivity index is 1.88. The smallest absolute Gasteiger partial charge is 0.162 e. The summed E-state index contributed by atoms with van der Waals surface area (Å²) in [4.78, 5) is 0. The van der Waals surface area contributed by atoms with Crippen LogP contribution in [0.4, 0.5) is 0 Å². The molecule has 0 radical (unpaired) electrons. The molecule has 1 aliphatic heterocycles. The van der Waals surface area contributed by atoms with Crippen LogP contribution >= 0.6 is 11.9 Å². The molecule has 1 fully saturated rings. The van der Waals surface area contributed by atoms with Gasteiger partial charge in [0.1, 0.15) is 6.10 Å². The van der Waals surface area contributed by atoms with E-state index in [2.05, 4.69) is 22.7 Å². The van der Waals surface area contributed by atoms with Gasteiger partial charge < -0.3 is 14.2 Å². The van der Waals surface area contributed by atoms with Gasteiger partial charge in [-0.2, -0.15) is 0 Å². The van der Waals surface area contributed by atoms with Crippen LogP contribution in [0.5, 0.6) is 11.5 Å². The Morgan fingerprint density at radius 3 is 2.50 bits per heavy atom. The second kappa shape index (κ2) is 8.42. The molecule has 0 aliphatic carbocycles. The summed E-state index contributed by atoms with van der Waals surface area (Å²) in [5, 5.41) is 0. The van der Waals surface area contributed by atoms with Gasteiger partial charge in [-0.05, 0) is 24.0 Å². The van der Waals surface area contributed by atoms with Gasteiger partial charge in [0.25, 0.3) is 0 Å². The summed E-state index contributed by atoms with van der Waals surface area (Å²) < 4.78 is 20.2. The summed E-state index contributed by atoms with van der Waals surface area (Å²) in [5.41, 5.74) is 1.11. The minimum Gasteiger partial charge on any atom is -0.493 e. The summed E-state index contributed by atoms with van der Waals surface area (Å²) in [5.74, 6) is 1.47. The highest BCUT2D eigenvalue weighted by molar-refractivity contribution is 7.96. The number of morpholine rings is 1. The highest BCUT2D eigenvalue weighted by Gasteiger charge is 2.31. The van der Waals surface area contributed by atoms with Crippen LogP contribution in [0, 0.1) is 0 Å². The molecule has 24 heavy (non-hydrogen) atoms. The van der Waals surface area contributed by atoms with Crippen LogP contribution in [-0.4, -0.2) is 43.5 Å². The van der Waals surface area contributed by atoms with E-state index >= 15 is 0 Å². The second-order valence-corrected chi connectivity index (χ2v) is 6.46. The molecule has 1 heterocycles. The molecule has 1 aliphatic rings. The lowest BCUT2D eigenvalue weighted by Gasteiger charge is -2.36. The lowest BCUT2D eigenvalue weighted by Crippen LogP contribution is -2.43. The minimum atomic E-state index is -0.183. The molecule has 128 valence electrons. The predicted molar refractivity (Wildman–Crippen MR) is 97.6 cm³/mol. The van der Waals surface area contributed by atoms with E-state index < -0.39 is 0 Å². The largest absolute Gasteiger partial charge is 0.493 e. The van der Waals surface area contributed by atoms with Gasteiger partial charge in [-0.3, -0.25) is 0 Å². The lowest BCUT2D eigenvalue weighted by atomic mass is 10.0. The van der Waals surface area contributed by atoms with Gasteiger partial charge in [-0.1, -0.05) is 54.4 Å². The second-order valence-electron chi connectivity index (χ2n) is 5.58. The van der Waals surface area contributed by atoms with Crippen molar-refractivity contribution in [1.82, 2.24) is 4.31 Å². The third-order valence-electron chi connectivity index (χ3n) is 4.10. The van der Waals surface area contributed by atoms with E-state index in [-0.39, 0.29) is 12.2 Å². The molecule has 2 aromatic rings. The van der Waals surface area contributed by atoms with E-state index in [1.54, 1.807) is 19.1 Å². The molecule has 0 saturated carbocycles. The van der Waals surface area contributed by atoms with E-state index in [9.17, 15) is 0 Å². The Morgan fingerprint density at radius 1 is 1.08 bits per heavy atom. The van der Waals surface area contributed by atoms with Crippen LogP contribution in [-0.2, 0) is 4.74 Å². The van der Waals surface area contributed by atoms with Gasteiger partial charge in [-0.25, -0.2) is 4.31 Å². The standard InChI is InChI=1S/C19H23NO3S/c1-21-16-10-6-7-11-17(16)23-19(15-8-4-3-5-9-15)18-14-20(24-2)12-13-22-18/h3-11,18-19H,12-14H2,1-2H3. The summed E-state index contributed by atoms with van der Waals surface area (Å²) in [6.45, 7) is 2.48. The first-order valence-electron chi connectivity index (χ1n) is 8.07. The first-order chi connectivity index (χ1) is 11.8. The summed E-state index contributed by atoms with van der Waals surface area (Å²) >= 11 is 1.75. The zero-order valence-corrected chi connectivity index (χ0v) is 14.9. The third kappa shape index (κ3) is 4.04. The quantitative estimate of drug-likeness (QED) is 0.744. The normalized spacial score (nSPS) is 19.7. The Hall–Kier alpha value is -1.69. The van der Waals surface area contributed by atoms with Gasteiger partial charge in [0.15, 0.2) is 17.6 Å². The maximum atomic E-state index is 6.37. The molecule has 3 rings (SSSR count). The summed E-state index contributed by atoms with van der Waals surface area (Å²) in [7, 11) is 1.66. The van der Waals surface area contributed by atoms with Gasteiger partial charge in [0, 0.05) is 13.1 Å². The van der Waals surface area contributed by atoms with Crippen LogP contribution in [0.15, 0.2) is 54.6 Å². The fraction of sp³-hybridized carbons (Fsp3) is 0.368. The molecule has 0 spiro atoms. The van der Waals surface area contributed by atoms with Crippen molar-refractivity contribution in [2.75, 3.05) is 33.1 Å². The number of rotatable bonds is 6. The van der Waals surface area contributed by atoms with Crippen LogP contribution in [0.3, 0.4) is 0 Å². The van der Waals surface area contributed by atoms with Crippen molar-refractivity contribution < 1.29 is 14.2 Å². The summed E-state index contributed by atoms with van der Waals surface area (Å²) in [6, 6.07) is 18.0. The molecule has 1 saturated heterocycles. The molecular formula is C19H23NO3S. The monoisotopic (exact) mass is 345 g/mol. The van der Waals surface area contributed by atoms with Crippen molar-refractivity contribution >= 4 is 11.9 Å². The highest BCUT2D eigenvalue weighted by atomic mass is 32.2. The maximum Gasteiger partial charge on any atom is 0.162 e. The van der Waals surface area contributed by atoms with Crippen LogP contribution < -0.4 is 9.47 Å². The molecule has 2 aromatic carbocycles. The number of para-hydroxylation sites is 2. The van der Waals surface area contributed by atoms with Gasteiger partial charge in [-0.15, -0.1) is 0 Å². The molecule has 0 N–H and O–H groups in total. The van der Waals surface area contributed by atoms with Crippen molar-refractivity contribution in [3.63, 3.8) is 0 Å².